The lowest BCUT2D eigenvalue weighted by Crippen LogP contribution is -2.21. The molecule has 7 heteroatoms. The summed E-state index contributed by atoms with van der Waals surface area (Å²) in [6.07, 6.45) is 11.3. The van der Waals surface area contributed by atoms with Gasteiger partial charge in [0, 0.05) is 25.9 Å². The molecule has 0 unspecified atom stereocenters. The van der Waals surface area contributed by atoms with Crippen LogP contribution in [0.4, 0.5) is 0 Å². The molecular weight excluding hydrogens is 448 g/mol. The van der Waals surface area contributed by atoms with Crippen LogP contribution in [0.5, 0.6) is 0 Å². The molecular formula is C28H42O7. The minimum Gasteiger partial charge on any atom is -0.469 e. The van der Waals surface area contributed by atoms with Crippen LogP contribution in [0.3, 0.4) is 0 Å². The number of benzene rings is 1. The number of methoxy groups -OCH3 is 2. The van der Waals surface area contributed by atoms with Crippen LogP contribution in [-0.2, 0) is 30.2 Å². The van der Waals surface area contributed by atoms with Gasteiger partial charge in [0.2, 0.25) is 0 Å². The lowest BCUT2D eigenvalue weighted by molar-refractivity contribution is -0.140. The molecule has 0 spiro atoms. The van der Waals surface area contributed by atoms with E-state index in [1.165, 1.54) is 12.7 Å². The zero-order valence-electron chi connectivity index (χ0n) is 21.1. The van der Waals surface area contributed by atoms with Crippen molar-refractivity contribution >= 4 is 5.97 Å². The topological polar surface area (TPSA) is 94.5 Å². The Morgan fingerprint density at radius 1 is 1.11 bits per heavy atom. The first kappa shape index (κ1) is 29.2. The van der Waals surface area contributed by atoms with Gasteiger partial charge in [-0.15, -0.1) is 0 Å². The van der Waals surface area contributed by atoms with E-state index < -0.39 is 12.2 Å². The average Bonchev–Trinajstić information content (AvgIpc) is 3.14. The summed E-state index contributed by atoms with van der Waals surface area (Å²) in [5, 5.41) is 21.1. The molecule has 1 aromatic rings. The molecule has 5 atom stereocenters. The number of aryl methyl sites for hydroxylation is 1. The Labute approximate surface area is 209 Å². The van der Waals surface area contributed by atoms with Crippen LogP contribution in [0.1, 0.15) is 44.1 Å². The highest BCUT2D eigenvalue weighted by Crippen LogP contribution is 2.36. The van der Waals surface area contributed by atoms with Gasteiger partial charge < -0.3 is 29.2 Å². The summed E-state index contributed by atoms with van der Waals surface area (Å²) < 4.78 is 21.1. The Hall–Kier alpha value is -2.03. The van der Waals surface area contributed by atoms with Gasteiger partial charge >= 0.3 is 5.97 Å². The second kappa shape index (κ2) is 17.4. The van der Waals surface area contributed by atoms with Gasteiger partial charge in [0.1, 0.15) is 6.79 Å². The van der Waals surface area contributed by atoms with Crippen molar-refractivity contribution in [3.05, 3.63) is 60.2 Å². The molecule has 1 aliphatic rings. The van der Waals surface area contributed by atoms with Crippen molar-refractivity contribution in [1.29, 1.82) is 0 Å². The van der Waals surface area contributed by atoms with Crippen LogP contribution in [0.25, 0.3) is 0 Å². The molecule has 2 rings (SSSR count). The van der Waals surface area contributed by atoms with Crippen LogP contribution in [0.2, 0.25) is 0 Å². The minimum absolute atomic E-state index is 0.0640. The Bertz CT molecular complexity index is 749. The van der Waals surface area contributed by atoms with Gasteiger partial charge in [0.25, 0.3) is 0 Å². The number of carbonyl (C=O) groups excluding carboxylic acids is 1. The second-order valence-corrected chi connectivity index (χ2v) is 8.92. The maximum Gasteiger partial charge on any atom is 0.305 e. The highest BCUT2D eigenvalue weighted by Gasteiger charge is 2.39. The van der Waals surface area contributed by atoms with Crippen LogP contribution >= 0.6 is 0 Å². The molecule has 196 valence electrons. The molecule has 1 aliphatic carbocycles. The quantitative estimate of drug-likeness (QED) is 0.148. The summed E-state index contributed by atoms with van der Waals surface area (Å²) in [5.74, 6) is -0.418. The Morgan fingerprint density at radius 2 is 1.91 bits per heavy atom. The summed E-state index contributed by atoms with van der Waals surface area (Å²) >= 11 is 0. The number of unbranched alkanes of at least 4 members (excludes halogenated alkanes) is 1. The number of carbonyl (C=O) groups is 1. The van der Waals surface area contributed by atoms with Gasteiger partial charge in [0.05, 0.1) is 38.6 Å². The molecule has 1 aromatic carbocycles. The monoisotopic (exact) mass is 490 g/mol. The van der Waals surface area contributed by atoms with Crippen LogP contribution in [-0.4, -0.2) is 68.7 Å². The number of aliphatic hydroxyl groups is 2. The van der Waals surface area contributed by atoms with Crippen molar-refractivity contribution in [2.75, 3.05) is 34.2 Å². The number of ether oxygens (including phenoxy) is 4. The maximum absolute atomic E-state index is 11.2. The van der Waals surface area contributed by atoms with Crippen LogP contribution < -0.4 is 0 Å². The Morgan fingerprint density at radius 3 is 2.66 bits per heavy atom. The predicted octanol–water partition coefficient (Wildman–Crippen LogP) is 3.83. The standard InChI is InChI=1S/C28H42O7/c1-32-18-19-34-21-35-23(15-14-22-10-6-5-7-11-22)16-17-25-24(26(29)20-27(25)30)12-8-3-4-9-13-28(31)33-2/h3,5-8,10-11,16-17,23-27,29-30H,4,9,12-15,18-21H2,1-2H3/b8-3+,17-16+/t23-,24+,25+,26-,27+/m0/s1. The first-order valence-corrected chi connectivity index (χ1v) is 12.5. The smallest absolute Gasteiger partial charge is 0.305 e. The van der Waals surface area contributed by atoms with Gasteiger partial charge in [-0.25, -0.2) is 0 Å². The third-order valence-electron chi connectivity index (χ3n) is 6.38. The molecule has 0 heterocycles. The van der Waals surface area contributed by atoms with E-state index in [0.29, 0.717) is 32.5 Å². The van der Waals surface area contributed by atoms with Gasteiger partial charge in [-0.2, -0.15) is 0 Å². The molecule has 0 aromatic heterocycles. The van der Waals surface area contributed by atoms with Crippen molar-refractivity contribution in [3.8, 4) is 0 Å². The molecule has 1 saturated carbocycles. The number of aliphatic hydroxyl groups excluding tert-OH is 2. The number of rotatable bonds is 17. The van der Waals surface area contributed by atoms with E-state index in [9.17, 15) is 15.0 Å². The molecule has 0 amide bonds. The normalized spacial score (nSPS) is 23.3. The van der Waals surface area contributed by atoms with E-state index in [0.717, 1.165) is 25.7 Å². The van der Waals surface area contributed by atoms with Crippen molar-refractivity contribution in [1.82, 2.24) is 0 Å². The molecule has 7 nitrogen and oxygen atoms in total. The molecule has 0 aliphatic heterocycles. The lowest BCUT2D eigenvalue weighted by Gasteiger charge is -2.21. The summed E-state index contributed by atoms with van der Waals surface area (Å²) in [5.41, 5.74) is 1.24. The molecule has 2 N–H and O–H groups in total. The van der Waals surface area contributed by atoms with E-state index >= 15 is 0 Å². The number of hydrogen-bond donors (Lipinski definition) is 2. The van der Waals surface area contributed by atoms with Crippen LogP contribution in [0.15, 0.2) is 54.6 Å². The summed E-state index contributed by atoms with van der Waals surface area (Å²) in [4.78, 5) is 11.2. The van der Waals surface area contributed by atoms with E-state index in [4.69, 9.17) is 14.2 Å². The van der Waals surface area contributed by atoms with Gasteiger partial charge in [-0.3, -0.25) is 4.79 Å². The van der Waals surface area contributed by atoms with E-state index in [2.05, 4.69) is 16.9 Å². The van der Waals surface area contributed by atoms with Gasteiger partial charge in [0.15, 0.2) is 0 Å². The molecule has 0 radical (unpaired) electrons. The third-order valence-corrected chi connectivity index (χ3v) is 6.38. The fourth-order valence-electron chi connectivity index (χ4n) is 4.32. The summed E-state index contributed by atoms with van der Waals surface area (Å²) in [6.45, 7) is 1.14. The SMILES string of the molecule is COCCOCO[C@H](/C=C/[C@@H]1[C@@H](C/C=C/CCCC(=O)OC)[C@@H](O)C[C@H]1O)CCc1ccccc1. The summed E-state index contributed by atoms with van der Waals surface area (Å²) in [7, 11) is 3.02. The number of esters is 1. The fraction of sp³-hybridized carbons (Fsp3) is 0.607. The van der Waals surface area contributed by atoms with Gasteiger partial charge in [-0.05, 0) is 43.6 Å². The average molecular weight is 491 g/mol. The first-order chi connectivity index (χ1) is 17.0. The Kier molecular flexibility index (Phi) is 14.5. The highest BCUT2D eigenvalue weighted by molar-refractivity contribution is 5.69. The third kappa shape index (κ3) is 11.5. The maximum atomic E-state index is 11.2. The van der Waals surface area contributed by atoms with E-state index in [1.807, 2.05) is 42.5 Å². The van der Waals surface area contributed by atoms with Crippen LogP contribution in [0, 0.1) is 11.8 Å². The minimum atomic E-state index is -0.591. The van der Waals surface area contributed by atoms with Crippen molar-refractivity contribution in [2.24, 2.45) is 11.8 Å². The molecule has 0 bridgehead atoms. The zero-order chi connectivity index (χ0) is 25.3. The van der Waals surface area contributed by atoms with E-state index in [1.54, 1.807) is 7.11 Å². The summed E-state index contributed by atoms with van der Waals surface area (Å²) in [6, 6.07) is 10.3. The second-order valence-electron chi connectivity index (χ2n) is 8.92. The Balaban J connectivity index is 1.92. The predicted molar refractivity (Wildman–Crippen MR) is 135 cm³/mol. The fourth-order valence-corrected chi connectivity index (χ4v) is 4.32. The highest BCUT2D eigenvalue weighted by atomic mass is 16.7. The molecule has 1 fully saturated rings. The van der Waals surface area contributed by atoms with Crippen molar-refractivity contribution in [2.45, 2.75) is 63.3 Å². The van der Waals surface area contributed by atoms with Gasteiger partial charge in [-0.1, -0.05) is 54.6 Å². The van der Waals surface area contributed by atoms with E-state index in [-0.39, 0.29) is 30.7 Å². The zero-order valence-corrected chi connectivity index (χ0v) is 21.1. The van der Waals surface area contributed by atoms with Crippen molar-refractivity contribution in [3.63, 3.8) is 0 Å². The lowest BCUT2D eigenvalue weighted by atomic mass is 9.89. The first-order valence-electron chi connectivity index (χ1n) is 12.5. The molecule has 35 heavy (non-hydrogen) atoms. The number of allylic oxidation sites excluding steroid dienone is 2. The molecule has 0 saturated heterocycles. The number of hydrogen-bond acceptors (Lipinski definition) is 7. The van der Waals surface area contributed by atoms with Crippen molar-refractivity contribution < 1.29 is 34.0 Å². The largest absolute Gasteiger partial charge is 0.469 e.